The van der Waals surface area contributed by atoms with E-state index in [0.717, 1.165) is 13.1 Å². The van der Waals surface area contributed by atoms with Crippen molar-refractivity contribution in [2.75, 3.05) is 32.5 Å². The third-order valence-corrected chi connectivity index (χ3v) is 4.07. The van der Waals surface area contributed by atoms with Crippen molar-refractivity contribution in [1.29, 1.82) is 5.26 Å². The van der Waals surface area contributed by atoms with Crippen LogP contribution in [0, 0.1) is 22.6 Å². The van der Waals surface area contributed by atoms with Crippen LogP contribution in [0.15, 0.2) is 18.2 Å². The van der Waals surface area contributed by atoms with Crippen molar-refractivity contribution >= 4 is 5.69 Å². The second-order valence-corrected chi connectivity index (χ2v) is 6.10. The summed E-state index contributed by atoms with van der Waals surface area (Å²) in [4.78, 5) is 2.21. The molecule has 0 heterocycles. The maximum absolute atomic E-state index is 13.9. The van der Waals surface area contributed by atoms with Gasteiger partial charge in [0.1, 0.15) is 5.82 Å². The van der Waals surface area contributed by atoms with Crippen molar-refractivity contribution in [1.82, 2.24) is 4.90 Å². The van der Waals surface area contributed by atoms with Gasteiger partial charge in [-0.2, -0.15) is 5.26 Å². The van der Waals surface area contributed by atoms with E-state index < -0.39 is 0 Å². The van der Waals surface area contributed by atoms with E-state index in [1.807, 2.05) is 6.07 Å². The molecule has 0 amide bonds. The first-order chi connectivity index (χ1) is 9.54. The SMILES string of the molecule is CN(C)CC1(CNc2ccc(C#N)cc2F)CCCC1. The number of rotatable bonds is 5. The van der Waals surface area contributed by atoms with Gasteiger partial charge in [-0.05, 0) is 45.1 Å². The van der Waals surface area contributed by atoms with Crippen molar-refractivity contribution < 1.29 is 4.39 Å². The molecule has 20 heavy (non-hydrogen) atoms. The lowest BCUT2D eigenvalue weighted by atomic mass is 9.85. The van der Waals surface area contributed by atoms with Crippen LogP contribution >= 0.6 is 0 Å². The highest BCUT2D eigenvalue weighted by Gasteiger charge is 2.34. The summed E-state index contributed by atoms with van der Waals surface area (Å²) < 4.78 is 13.9. The summed E-state index contributed by atoms with van der Waals surface area (Å²) in [6.07, 6.45) is 4.89. The summed E-state index contributed by atoms with van der Waals surface area (Å²) in [5, 5.41) is 12.0. The zero-order valence-electron chi connectivity index (χ0n) is 12.2. The van der Waals surface area contributed by atoms with Gasteiger partial charge in [-0.15, -0.1) is 0 Å². The van der Waals surface area contributed by atoms with Crippen LogP contribution in [-0.4, -0.2) is 32.1 Å². The van der Waals surface area contributed by atoms with Crippen LogP contribution in [0.25, 0.3) is 0 Å². The average molecular weight is 275 g/mol. The number of nitrogens with zero attached hydrogens (tertiary/aromatic N) is 2. The summed E-state index contributed by atoms with van der Waals surface area (Å²) in [6.45, 7) is 1.81. The molecular weight excluding hydrogens is 253 g/mol. The van der Waals surface area contributed by atoms with Crippen molar-refractivity contribution in [2.45, 2.75) is 25.7 Å². The molecule has 0 spiro atoms. The standard InChI is InChI=1S/C16H22FN3/c1-20(2)12-16(7-3-4-8-16)11-19-15-6-5-13(10-18)9-14(15)17/h5-6,9,19H,3-4,7-8,11-12H2,1-2H3. The molecule has 108 valence electrons. The van der Waals surface area contributed by atoms with Crippen molar-refractivity contribution in [3.8, 4) is 6.07 Å². The molecule has 1 aliphatic carbocycles. The van der Waals surface area contributed by atoms with Crippen LogP contribution in [0.3, 0.4) is 0 Å². The molecule has 4 heteroatoms. The molecule has 0 atom stereocenters. The topological polar surface area (TPSA) is 39.1 Å². The molecule has 3 nitrogen and oxygen atoms in total. The predicted octanol–water partition coefficient (Wildman–Crippen LogP) is 3.23. The van der Waals surface area contributed by atoms with Gasteiger partial charge in [0.2, 0.25) is 0 Å². The number of nitriles is 1. The summed E-state index contributed by atoms with van der Waals surface area (Å²) >= 11 is 0. The van der Waals surface area contributed by atoms with Gasteiger partial charge in [-0.1, -0.05) is 12.8 Å². The number of benzene rings is 1. The molecule has 0 unspecified atom stereocenters. The lowest BCUT2D eigenvalue weighted by molar-refractivity contribution is 0.215. The number of anilines is 1. The molecule has 1 aromatic rings. The highest BCUT2D eigenvalue weighted by Crippen LogP contribution is 2.38. The van der Waals surface area contributed by atoms with Gasteiger partial charge in [-0.3, -0.25) is 0 Å². The van der Waals surface area contributed by atoms with E-state index in [1.165, 1.54) is 31.7 Å². The Kier molecular flexibility index (Phi) is 4.61. The minimum atomic E-state index is -0.345. The van der Waals surface area contributed by atoms with E-state index in [4.69, 9.17) is 5.26 Å². The van der Waals surface area contributed by atoms with E-state index in [2.05, 4.69) is 24.3 Å². The zero-order chi connectivity index (χ0) is 14.6. The monoisotopic (exact) mass is 275 g/mol. The second-order valence-electron chi connectivity index (χ2n) is 6.10. The summed E-state index contributed by atoms with van der Waals surface area (Å²) in [5.74, 6) is -0.345. The highest BCUT2D eigenvalue weighted by molar-refractivity contribution is 5.49. The fraction of sp³-hybridized carbons (Fsp3) is 0.562. The quantitative estimate of drug-likeness (QED) is 0.896. The smallest absolute Gasteiger partial charge is 0.147 e. The van der Waals surface area contributed by atoms with E-state index in [9.17, 15) is 4.39 Å². The molecular formula is C16H22FN3. The Bertz CT molecular complexity index is 499. The van der Waals surface area contributed by atoms with Crippen LogP contribution in [-0.2, 0) is 0 Å². The molecule has 0 aromatic heterocycles. The molecule has 0 aliphatic heterocycles. The molecule has 1 saturated carbocycles. The Hall–Kier alpha value is -1.60. The van der Waals surface area contributed by atoms with E-state index in [-0.39, 0.29) is 11.2 Å². The lowest BCUT2D eigenvalue weighted by Gasteiger charge is -2.32. The Morgan fingerprint density at radius 2 is 2.05 bits per heavy atom. The van der Waals surface area contributed by atoms with Crippen LogP contribution < -0.4 is 5.32 Å². The number of halogens is 1. The van der Waals surface area contributed by atoms with Gasteiger partial charge >= 0.3 is 0 Å². The van der Waals surface area contributed by atoms with Crippen LogP contribution in [0.4, 0.5) is 10.1 Å². The van der Waals surface area contributed by atoms with Crippen molar-refractivity contribution in [3.05, 3.63) is 29.6 Å². The third-order valence-electron chi connectivity index (χ3n) is 4.07. The van der Waals surface area contributed by atoms with Gasteiger partial charge in [0, 0.05) is 18.5 Å². The molecule has 0 bridgehead atoms. The minimum Gasteiger partial charge on any atom is -0.382 e. The van der Waals surface area contributed by atoms with Crippen molar-refractivity contribution in [2.24, 2.45) is 5.41 Å². The first-order valence-corrected chi connectivity index (χ1v) is 7.13. The molecule has 0 saturated heterocycles. The van der Waals surface area contributed by atoms with Gasteiger partial charge in [0.25, 0.3) is 0 Å². The number of hydrogen-bond donors (Lipinski definition) is 1. The number of nitrogens with one attached hydrogen (secondary N) is 1. The van der Waals surface area contributed by atoms with Gasteiger partial charge in [0.15, 0.2) is 0 Å². The maximum Gasteiger partial charge on any atom is 0.147 e. The van der Waals surface area contributed by atoms with E-state index in [0.29, 0.717) is 11.3 Å². The van der Waals surface area contributed by atoms with Crippen molar-refractivity contribution in [3.63, 3.8) is 0 Å². The fourth-order valence-electron chi connectivity index (χ4n) is 3.20. The minimum absolute atomic E-state index is 0.240. The molecule has 1 N–H and O–H groups in total. The van der Waals surface area contributed by atoms with Gasteiger partial charge in [0.05, 0.1) is 17.3 Å². The van der Waals surface area contributed by atoms with Crippen LogP contribution in [0.1, 0.15) is 31.2 Å². The predicted molar refractivity (Wildman–Crippen MR) is 79.1 cm³/mol. The highest BCUT2D eigenvalue weighted by atomic mass is 19.1. The Labute approximate surface area is 120 Å². The molecule has 1 aliphatic rings. The lowest BCUT2D eigenvalue weighted by Crippen LogP contribution is -2.37. The molecule has 2 rings (SSSR count). The number of hydrogen-bond acceptors (Lipinski definition) is 3. The summed E-state index contributed by atoms with van der Waals surface area (Å²) in [5.41, 5.74) is 1.09. The molecule has 1 fully saturated rings. The Morgan fingerprint density at radius 3 is 2.60 bits per heavy atom. The van der Waals surface area contributed by atoms with E-state index in [1.54, 1.807) is 12.1 Å². The molecule has 1 aromatic carbocycles. The Balaban J connectivity index is 2.04. The third kappa shape index (κ3) is 3.49. The zero-order valence-corrected chi connectivity index (χ0v) is 12.2. The van der Waals surface area contributed by atoms with E-state index >= 15 is 0 Å². The van der Waals surface area contributed by atoms with Crippen LogP contribution in [0.2, 0.25) is 0 Å². The average Bonchev–Trinajstić information content (AvgIpc) is 2.85. The summed E-state index contributed by atoms with van der Waals surface area (Å²) in [6, 6.07) is 6.55. The Morgan fingerprint density at radius 1 is 1.35 bits per heavy atom. The van der Waals surface area contributed by atoms with Gasteiger partial charge in [-0.25, -0.2) is 4.39 Å². The fourth-order valence-corrected chi connectivity index (χ4v) is 3.20. The second kappa shape index (κ2) is 6.23. The maximum atomic E-state index is 13.9. The van der Waals surface area contributed by atoms with Gasteiger partial charge < -0.3 is 10.2 Å². The first kappa shape index (κ1) is 14.8. The first-order valence-electron chi connectivity index (χ1n) is 7.13. The normalized spacial score (nSPS) is 17.1. The molecule has 0 radical (unpaired) electrons. The van der Waals surface area contributed by atoms with Crippen LogP contribution in [0.5, 0.6) is 0 Å². The summed E-state index contributed by atoms with van der Waals surface area (Å²) in [7, 11) is 4.17. The largest absolute Gasteiger partial charge is 0.382 e.